The Bertz CT molecular complexity index is 1250. The number of anilines is 1. The van der Waals surface area contributed by atoms with Crippen LogP contribution in [0.3, 0.4) is 0 Å². The quantitative estimate of drug-likeness (QED) is 0.484. The van der Waals surface area contributed by atoms with E-state index in [1.54, 1.807) is 37.3 Å². The van der Waals surface area contributed by atoms with Crippen molar-refractivity contribution in [2.24, 2.45) is 5.73 Å². The maximum absolute atomic E-state index is 12.3. The Morgan fingerprint density at radius 3 is 2.78 bits per heavy atom. The zero-order chi connectivity index (χ0) is 23.0. The highest BCUT2D eigenvalue weighted by Gasteiger charge is 2.34. The SMILES string of the molecule is COc1cc(C2C(C(N)=O)=C(C)Nc3nnnn32)cc(Br)c1OCc1ccc(Cl)cc1Cl. The molecule has 12 heteroatoms. The molecular weight excluding hydrogens is 523 g/mol. The number of rotatable bonds is 6. The zero-order valence-corrected chi connectivity index (χ0v) is 20.0. The molecular formula is C20H17BrCl2N6O3. The molecule has 1 aliphatic rings. The van der Waals surface area contributed by atoms with Crippen molar-refractivity contribution < 1.29 is 14.3 Å². The molecule has 1 unspecified atom stereocenters. The Morgan fingerprint density at radius 1 is 1.31 bits per heavy atom. The normalized spacial score (nSPS) is 15.2. The van der Waals surface area contributed by atoms with Crippen LogP contribution in [0, 0.1) is 0 Å². The van der Waals surface area contributed by atoms with E-state index in [4.69, 9.17) is 38.4 Å². The van der Waals surface area contributed by atoms with Crippen molar-refractivity contribution in [3.63, 3.8) is 0 Å². The van der Waals surface area contributed by atoms with Gasteiger partial charge in [0, 0.05) is 21.3 Å². The lowest BCUT2D eigenvalue weighted by Crippen LogP contribution is -2.31. The van der Waals surface area contributed by atoms with Crippen molar-refractivity contribution in [2.75, 3.05) is 12.4 Å². The fraction of sp³-hybridized carbons (Fsp3) is 0.200. The number of carbonyl (C=O) groups excluding carboxylic acids is 1. The third-order valence-corrected chi connectivity index (χ3v) is 6.11. The van der Waals surface area contributed by atoms with Gasteiger partial charge in [0.2, 0.25) is 11.9 Å². The van der Waals surface area contributed by atoms with Crippen LogP contribution in [0.4, 0.5) is 5.95 Å². The van der Waals surface area contributed by atoms with Crippen molar-refractivity contribution in [1.82, 2.24) is 20.2 Å². The summed E-state index contributed by atoms with van der Waals surface area (Å²) in [4.78, 5) is 12.3. The van der Waals surface area contributed by atoms with E-state index in [0.29, 0.717) is 48.8 Å². The van der Waals surface area contributed by atoms with Crippen LogP contribution in [-0.4, -0.2) is 33.2 Å². The number of primary amides is 1. The molecule has 4 rings (SSSR count). The second-order valence-electron chi connectivity index (χ2n) is 6.94. The number of nitrogens with one attached hydrogen (secondary N) is 1. The maximum Gasteiger partial charge on any atom is 0.248 e. The first-order valence-electron chi connectivity index (χ1n) is 9.29. The largest absolute Gasteiger partial charge is 0.493 e. The van der Waals surface area contributed by atoms with Gasteiger partial charge in [-0.2, -0.15) is 4.68 Å². The van der Waals surface area contributed by atoms with Crippen LogP contribution in [0.15, 0.2) is 46.1 Å². The Morgan fingerprint density at radius 2 is 2.09 bits per heavy atom. The lowest BCUT2D eigenvalue weighted by Gasteiger charge is -2.27. The average Bonchev–Trinajstić information content (AvgIpc) is 3.20. The number of allylic oxidation sites excluding steroid dienone is 1. The molecule has 0 spiro atoms. The number of tetrazole rings is 1. The Balaban J connectivity index is 1.73. The van der Waals surface area contributed by atoms with Gasteiger partial charge in [-0.05, 0) is 63.1 Å². The lowest BCUT2D eigenvalue weighted by atomic mass is 9.95. The molecule has 1 atom stereocenters. The number of halogens is 3. The summed E-state index contributed by atoms with van der Waals surface area (Å²) in [7, 11) is 1.52. The highest BCUT2D eigenvalue weighted by Crippen LogP contribution is 2.42. The minimum atomic E-state index is -0.649. The molecule has 1 aromatic heterocycles. The van der Waals surface area contributed by atoms with E-state index >= 15 is 0 Å². The van der Waals surface area contributed by atoms with E-state index in [1.165, 1.54) is 11.8 Å². The smallest absolute Gasteiger partial charge is 0.248 e. The predicted molar refractivity (Wildman–Crippen MR) is 123 cm³/mol. The second-order valence-corrected chi connectivity index (χ2v) is 8.63. The van der Waals surface area contributed by atoms with E-state index < -0.39 is 11.9 Å². The molecule has 1 aliphatic heterocycles. The van der Waals surface area contributed by atoms with Crippen LogP contribution < -0.4 is 20.5 Å². The molecule has 2 aromatic carbocycles. The van der Waals surface area contributed by atoms with Gasteiger partial charge in [-0.25, -0.2) is 0 Å². The van der Waals surface area contributed by atoms with Crippen LogP contribution >= 0.6 is 39.1 Å². The van der Waals surface area contributed by atoms with Crippen LogP contribution in [-0.2, 0) is 11.4 Å². The number of carbonyl (C=O) groups is 1. The number of benzene rings is 2. The number of nitrogens with two attached hydrogens (primary N) is 1. The topological polar surface area (TPSA) is 117 Å². The lowest BCUT2D eigenvalue weighted by molar-refractivity contribution is -0.115. The molecule has 0 radical (unpaired) electrons. The molecule has 1 amide bonds. The summed E-state index contributed by atoms with van der Waals surface area (Å²) in [6.07, 6.45) is 0. The monoisotopic (exact) mass is 538 g/mol. The van der Waals surface area contributed by atoms with Gasteiger partial charge >= 0.3 is 0 Å². The Hall–Kier alpha value is -2.82. The van der Waals surface area contributed by atoms with Gasteiger partial charge in [0.15, 0.2) is 11.5 Å². The summed E-state index contributed by atoms with van der Waals surface area (Å²) in [5, 5.41) is 15.7. The summed E-state index contributed by atoms with van der Waals surface area (Å²) >= 11 is 15.8. The van der Waals surface area contributed by atoms with Crippen LogP contribution in [0.5, 0.6) is 11.5 Å². The summed E-state index contributed by atoms with van der Waals surface area (Å²) < 4.78 is 13.7. The molecule has 0 fully saturated rings. The van der Waals surface area contributed by atoms with E-state index in [1.807, 2.05) is 0 Å². The van der Waals surface area contributed by atoms with Crippen LogP contribution in [0.2, 0.25) is 10.0 Å². The van der Waals surface area contributed by atoms with Crippen LogP contribution in [0.25, 0.3) is 0 Å². The van der Waals surface area contributed by atoms with Gasteiger partial charge in [0.25, 0.3) is 0 Å². The summed E-state index contributed by atoms with van der Waals surface area (Å²) in [5.41, 5.74) is 8.02. The third kappa shape index (κ3) is 4.13. The van der Waals surface area contributed by atoms with Gasteiger partial charge in [-0.15, -0.1) is 0 Å². The van der Waals surface area contributed by atoms with Crippen molar-refractivity contribution in [3.8, 4) is 11.5 Å². The molecule has 3 aromatic rings. The number of aromatic nitrogens is 4. The fourth-order valence-corrected chi connectivity index (χ4v) is 4.50. The van der Waals surface area contributed by atoms with Crippen LogP contribution in [0.1, 0.15) is 24.1 Å². The first-order chi connectivity index (χ1) is 15.3. The number of hydrogen-bond acceptors (Lipinski definition) is 7. The van der Waals surface area contributed by atoms with E-state index in [2.05, 4.69) is 36.8 Å². The summed E-state index contributed by atoms with van der Waals surface area (Å²) in [6.45, 7) is 1.94. The number of amides is 1. The molecule has 3 N–H and O–H groups in total. The van der Waals surface area contributed by atoms with E-state index in [-0.39, 0.29) is 6.61 Å². The van der Waals surface area contributed by atoms with Crippen molar-refractivity contribution in [2.45, 2.75) is 19.6 Å². The number of ether oxygens (including phenoxy) is 2. The van der Waals surface area contributed by atoms with Gasteiger partial charge in [-0.1, -0.05) is 34.4 Å². The van der Waals surface area contributed by atoms with E-state index in [0.717, 1.165) is 5.56 Å². The molecule has 166 valence electrons. The van der Waals surface area contributed by atoms with Gasteiger partial charge < -0.3 is 20.5 Å². The predicted octanol–water partition coefficient (Wildman–Crippen LogP) is 4.10. The number of hydrogen-bond donors (Lipinski definition) is 2. The number of nitrogens with zero attached hydrogens (tertiary/aromatic N) is 4. The summed E-state index contributed by atoms with van der Waals surface area (Å²) in [6, 6.07) is 8.09. The van der Waals surface area contributed by atoms with E-state index in [9.17, 15) is 4.79 Å². The maximum atomic E-state index is 12.3. The fourth-order valence-electron chi connectivity index (χ4n) is 3.47. The Kier molecular flexibility index (Phi) is 6.27. The Labute approximate surface area is 201 Å². The van der Waals surface area contributed by atoms with Gasteiger partial charge in [-0.3, -0.25) is 4.79 Å². The standard InChI is InChI=1S/C20H17BrCl2N6O3/c1-9-16(19(24)30)17(29-20(25-9)26-27-28-29)11-5-13(21)18(15(6-11)31-2)32-8-10-3-4-12(22)7-14(10)23/h3-7,17H,8H2,1-2H3,(H2,24,30)(H,25,26,28). The van der Waals surface area contributed by atoms with Crippen molar-refractivity contribution >= 4 is 51.0 Å². The molecule has 0 saturated heterocycles. The minimum Gasteiger partial charge on any atom is -0.493 e. The molecule has 32 heavy (non-hydrogen) atoms. The van der Waals surface area contributed by atoms with Gasteiger partial charge in [0.05, 0.1) is 17.2 Å². The highest BCUT2D eigenvalue weighted by atomic mass is 79.9. The molecule has 0 saturated carbocycles. The molecule has 9 nitrogen and oxygen atoms in total. The van der Waals surface area contributed by atoms with Crippen molar-refractivity contribution in [3.05, 3.63) is 67.2 Å². The molecule has 2 heterocycles. The van der Waals surface area contributed by atoms with Crippen molar-refractivity contribution in [1.29, 1.82) is 0 Å². The average molecular weight is 540 g/mol. The minimum absolute atomic E-state index is 0.195. The highest BCUT2D eigenvalue weighted by molar-refractivity contribution is 9.10. The zero-order valence-electron chi connectivity index (χ0n) is 16.9. The molecule has 0 bridgehead atoms. The molecule has 0 aliphatic carbocycles. The number of fused-ring (bicyclic) bond motifs is 1. The summed E-state index contributed by atoms with van der Waals surface area (Å²) in [5.74, 6) is 0.711. The third-order valence-electron chi connectivity index (χ3n) is 4.93. The second kappa shape index (κ2) is 8.97. The number of methoxy groups -OCH3 is 1. The first-order valence-corrected chi connectivity index (χ1v) is 10.8. The van der Waals surface area contributed by atoms with Gasteiger partial charge in [0.1, 0.15) is 12.6 Å². The first kappa shape index (κ1) is 22.4.